The number of aromatic nitrogens is 4. The third-order valence-electron chi connectivity index (χ3n) is 4.96. The van der Waals surface area contributed by atoms with Crippen molar-refractivity contribution in [2.24, 2.45) is 0 Å². The Hall–Kier alpha value is -2.93. The van der Waals surface area contributed by atoms with Crippen LogP contribution in [0.25, 0.3) is 22.1 Å². The SMILES string of the molecule is CCn1c2ccccc2c2nnc(SCC(=O)N(C)Cc3ccc(C)cc3)nc21. The van der Waals surface area contributed by atoms with Crippen molar-refractivity contribution in [3.05, 3.63) is 59.7 Å². The van der Waals surface area contributed by atoms with Gasteiger partial charge in [0.05, 0.1) is 11.3 Å². The van der Waals surface area contributed by atoms with Gasteiger partial charge in [-0.15, -0.1) is 10.2 Å². The second-order valence-corrected chi connectivity index (χ2v) is 7.99. The normalized spacial score (nSPS) is 11.3. The van der Waals surface area contributed by atoms with Gasteiger partial charge >= 0.3 is 0 Å². The van der Waals surface area contributed by atoms with E-state index in [-0.39, 0.29) is 11.7 Å². The Morgan fingerprint density at radius 1 is 1.10 bits per heavy atom. The molecule has 1 amide bonds. The largest absolute Gasteiger partial charge is 0.341 e. The number of carbonyl (C=O) groups excluding carboxylic acids is 1. The summed E-state index contributed by atoms with van der Waals surface area (Å²) in [5.74, 6) is 0.317. The molecule has 0 saturated heterocycles. The van der Waals surface area contributed by atoms with Gasteiger partial charge < -0.3 is 9.47 Å². The molecule has 0 spiro atoms. The van der Waals surface area contributed by atoms with Gasteiger partial charge in [0.2, 0.25) is 11.1 Å². The van der Waals surface area contributed by atoms with E-state index in [1.165, 1.54) is 17.3 Å². The summed E-state index contributed by atoms with van der Waals surface area (Å²) in [6, 6.07) is 16.3. The van der Waals surface area contributed by atoms with Crippen LogP contribution in [0.1, 0.15) is 18.1 Å². The number of hydrogen-bond acceptors (Lipinski definition) is 5. The Labute approximate surface area is 173 Å². The summed E-state index contributed by atoms with van der Waals surface area (Å²) >= 11 is 1.32. The Bertz CT molecular complexity index is 1170. The monoisotopic (exact) mass is 405 g/mol. The second kappa shape index (κ2) is 8.21. The van der Waals surface area contributed by atoms with E-state index in [0.29, 0.717) is 11.7 Å². The zero-order valence-electron chi connectivity index (χ0n) is 16.8. The molecule has 0 bridgehead atoms. The van der Waals surface area contributed by atoms with Crippen LogP contribution in [0.4, 0.5) is 0 Å². The van der Waals surface area contributed by atoms with Crippen LogP contribution < -0.4 is 0 Å². The molecule has 148 valence electrons. The molecule has 0 aliphatic heterocycles. The number of benzene rings is 2. The van der Waals surface area contributed by atoms with Crippen molar-refractivity contribution in [2.45, 2.75) is 32.1 Å². The Kier molecular flexibility index (Phi) is 5.49. The molecule has 0 N–H and O–H groups in total. The van der Waals surface area contributed by atoms with Gasteiger partial charge in [-0.2, -0.15) is 0 Å². The van der Waals surface area contributed by atoms with E-state index in [2.05, 4.69) is 63.9 Å². The quantitative estimate of drug-likeness (QED) is 0.453. The number of hydrogen-bond donors (Lipinski definition) is 0. The Balaban J connectivity index is 1.48. The molecule has 0 saturated carbocycles. The van der Waals surface area contributed by atoms with Gasteiger partial charge in [0.1, 0.15) is 5.52 Å². The summed E-state index contributed by atoms with van der Waals surface area (Å²) < 4.78 is 2.13. The van der Waals surface area contributed by atoms with E-state index in [4.69, 9.17) is 0 Å². The molecule has 6 nitrogen and oxygen atoms in total. The highest BCUT2D eigenvalue weighted by atomic mass is 32.2. The predicted octanol–water partition coefficient (Wildman–Crippen LogP) is 4.06. The molecule has 29 heavy (non-hydrogen) atoms. The van der Waals surface area contributed by atoms with Crippen LogP contribution in [0.5, 0.6) is 0 Å². The topological polar surface area (TPSA) is 63.9 Å². The number of nitrogens with zero attached hydrogens (tertiary/aromatic N) is 5. The predicted molar refractivity (Wildman–Crippen MR) is 117 cm³/mol. The maximum atomic E-state index is 12.5. The van der Waals surface area contributed by atoms with E-state index in [0.717, 1.165) is 34.2 Å². The third-order valence-corrected chi connectivity index (χ3v) is 5.78. The highest BCUT2D eigenvalue weighted by Crippen LogP contribution is 2.27. The number of amides is 1. The fraction of sp³-hybridized carbons (Fsp3) is 0.273. The smallest absolute Gasteiger partial charge is 0.233 e. The number of carbonyl (C=O) groups is 1. The zero-order chi connectivity index (χ0) is 20.4. The maximum Gasteiger partial charge on any atom is 0.233 e. The molecule has 0 aliphatic carbocycles. The van der Waals surface area contributed by atoms with Crippen molar-refractivity contribution in [3.8, 4) is 0 Å². The molecule has 4 rings (SSSR count). The van der Waals surface area contributed by atoms with Crippen LogP contribution >= 0.6 is 11.8 Å². The molecule has 2 heterocycles. The minimum atomic E-state index is 0.0373. The lowest BCUT2D eigenvalue weighted by atomic mass is 10.1. The minimum Gasteiger partial charge on any atom is -0.341 e. The van der Waals surface area contributed by atoms with E-state index >= 15 is 0 Å². The Morgan fingerprint density at radius 2 is 1.86 bits per heavy atom. The first-order chi connectivity index (χ1) is 14.1. The van der Waals surface area contributed by atoms with Crippen LogP contribution in [-0.4, -0.2) is 43.4 Å². The average molecular weight is 406 g/mol. The molecule has 7 heteroatoms. The molecule has 0 radical (unpaired) electrons. The lowest BCUT2D eigenvalue weighted by Gasteiger charge is -2.17. The summed E-state index contributed by atoms with van der Waals surface area (Å²) in [6.45, 7) is 5.52. The van der Waals surface area contributed by atoms with Crippen LogP contribution in [-0.2, 0) is 17.9 Å². The van der Waals surface area contributed by atoms with Crippen molar-refractivity contribution >= 4 is 39.7 Å². The number of para-hydroxylation sites is 1. The first-order valence-electron chi connectivity index (χ1n) is 9.60. The van der Waals surface area contributed by atoms with E-state index in [1.54, 1.807) is 4.90 Å². The maximum absolute atomic E-state index is 12.5. The van der Waals surface area contributed by atoms with Gasteiger partial charge in [0.15, 0.2) is 5.65 Å². The molecule has 2 aromatic heterocycles. The van der Waals surface area contributed by atoms with Gasteiger partial charge in [-0.3, -0.25) is 4.79 Å². The second-order valence-electron chi connectivity index (χ2n) is 7.05. The summed E-state index contributed by atoms with van der Waals surface area (Å²) in [7, 11) is 1.82. The molecule has 0 unspecified atom stereocenters. The van der Waals surface area contributed by atoms with Crippen molar-refractivity contribution in [1.82, 2.24) is 24.6 Å². The number of aryl methyl sites for hydroxylation is 2. The van der Waals surface area contributed by atoms with Crippen LogP contribution in [0, 0.1) is 6.92 Å². The summed E-state index contributed by atoms with van der Waals surface area (Å²) in [6.07, 6.45) is 0. The van der Waals surface area contributed by atoms with E-state index < -0.39 is 0 Å². The molecular formula is C22H23N5OS. The van der Waals surface area contributed by atoms with Crippen LogP contribution in [0.15, 0.2) is 53.7 Å². The van der Waals surface area contributed by atoms with Gasteiger partial charge in [0.25, 0.3) is 0 Å². The van der Waals surface area contributed by atoms with Gasteiger partial charge in [-0.25, -0.2) is 4.98 Å². The first-order valence-corrected chi connectivity index (χ1v) is 10.6. The van der Waals surface area contributed by atoms with Gasteiger partial charge in [0, 0.05) is 25.5 Å². The average Bonchev–Trinajstić information content (AvgIpc) is 3.06. The fourth-order valence-electron chi connectivity index (χ4n) is 3.36. The van der Waals surface area contributed by atoms with Crippen molar-refractivity contribution in [3.63, 3.8) is 0 Å². The van der Waals surface area contributed by atoms with E-state index in [1.807, 2.05) is 25.2 Å². The molecular weight excluding hydrogens is 382 g/mol. The van der Waals surface area contributed by atoms with Gasteiger partial charge in [-0.05, 0) is 25.5 Å². The summed E-state index contributed by atoms with van der Waals surface area (Å²) in [4.78, 5) is 19.0. The summed E-state index contributed by atoms with van der Waals surface area (Å²) in [5.41, 5.74) is 5.04. The van der Waals surface area contributed by atoms with Crippen molar-refractivity contribution in [2.75, 3.05) is 12.8 Å². The van der Waals surface area contributed by atoms with Crippen LogP contribution in [0.3, 0.4) is 0 Å². The van der Waals surface area contributed by atoms with E-state index in [9.17, 15) is 4.79 Å². The molecule has 0 fully saturated rings. The zero-order valence-corrected chi connectivity index (χ0v) is 17.6. The Morgan fingerprint density at radius 3 is 2.62 bits per heavy atom. The highest BCUT2D eigenvalue weighted by molar-refractivity contribution is 7.99. The third kappa shape index (κ3) is 3.96. The van der Waals surface area contributed by atoms with Gasteiger partial charge in [-0.1, -0.05) is 59.8 Å². The first kappa shape index (κ1) is 19.4. The lowest BCUT2D eigenvalue weighted by molar-refractivity contribution is -0.127. The minimum absolute atomic E-state index is 0.0373. The summed E-state index contributed by atoms with van der Waals surface area (Å²) in [5, 5.41) is 10.2. The highest BCUT2D eigenvalue weighted by Gasteiger charge is 2.15. The molecule has 0 aliphatic rings. The lowest BCUT2D eigenvalue weighted by Crippen LogP contribution is -2.27. The number of thioether (sulfide) groups is 1. The van der Waals surface area contributed by atoms with Crippen molar-refractivity contribution in [1.29, 1.82) is 0 Å². The van der Waals surface area contributed by atoms with Crippen LogP contribution in [0.2, 0.25) is 0 Å². The number of rotatable bonds is 6. The standard InChI is InChI=1S/C22H23N5OS/c1-4-27-18-8-6-5-7-17(18)20-21(27)23-22(25-24-20)29-14-19(28)26(3)13-16-11-9-15(2)10-12-16/h5-12H,4,13-14H2,1-3H3. The molecule has 4 aromatic rings. The van der Waals surface area contributed by atoms with Crippen molar-refractivity contribution < 1.29 is 4.79 Å². The fourth-order valence-corrected chi connectivity index (χ4v) is 4.09. The molecule has 2 aromatic carbocycles. The molecule has 0 atom stereocenters. The number of fused-ring (bicyclic) bond motifs is 3.